The molecule has 2 aliphatic rings. The zero-order chi connectivity index (χ0) is 43.4. The first kappa shape index (κ1) is 43.5. The fourth-order valence-corrected chi connectivity index (χ4v) is 9.78. The summed E-state index contributed by atoms with van der Waals surface area (Å²) < 4.78 is 39.7. The number of rotatable bonds is 11. The van der Waals surface area contributed by atoms with Crippen molar-refractivity contribution in [2.75, 3.05) is 9.80 Å². The maximum absolute atomic E-state index is 15.3. The average molecular weight is 1030 g/mol. The Morgan fingerprint density at radius 3 is 2.12 bits per heavy atom. The predicted octanol–water partition coefficient (Wildman–Crippen LogP) is 15.8. The number of aryl methyl sites for hydroxylation is 1. The molecule has 0 saturated heterocycles. The summed E-state index contributed by atoms with van der Waals surface area (Å²) in [6.07, 6.45) is 8.60. The van der Waals surface area contributed by atoms with Crippen LogP contribution in [0.4, 0.5) is 31.5 Å². The monoisotopic (exact) mass is 1030 g/mol. The Bertz CT molecular complexity index is 2960. The second-order valence-corrected chi connectivity index (χ2v) is 17.7. The number of fused-ring (bicyclic) bond motifs is 4. The molecule has 10 rings (SSSR count). The Hall–Kier alpha value is -5.78. The number of nitrogens with zero attached hydrogens (tertiary/aromatic N) is 4. The zero-order valence-electron chi connectivity index (χ0n) is 36.9. The summed E-state index contributed by atoms with van der Waals surface area (Å²) in [5.41, 5.74) is 10.9. The van der Waals surface area contributed by atoms with Gasteiger partial charge in [0.05, 0.1) is 5.56 Å². The Labute approximate surface area is 390 Å². The maximum atomic E-state index is 15.3. The summed E-state index contributed by atoms with van der Waals surface area (Å²) in [6.45, 7) is 12.9. The van der Waals surface area contributed by atoms with E-state index >= 15 is 8.78 Å². The van der Waals surface area contributed by atoms with Crippen molar-refractivity contribution >= 4 is 44.6 Å². The average Bonchev–Trinajstić information content (AvgIpc) is 4.03. The molecule has 0 amide bonds. The van der Waals surface area contributed by atoms with E-state index in [1.807, 2.05) is 24.4 Å². The molecule has 0 N–H and O–H groups in total. The molecule has 8 heteroatoms. The first-order valence-electron chi connectivity index (χ1n) is 22.5. The molecule has 64 heavy (non-hydrogen) atoms. The topological polar surface area (TPSA) is 33.5 Å². The van der Waals surface area contributed by atoms with Crippen LogP contribution in [-0.4, -0.2) is 9.55 Å². The van der Waals surface area contributed by atoms with Gasteiger partial charge in [-0.3, -0.25) is 0 Å². The first-order chi connectivity index (χ1) is 30.7. The van der Waals surface area contributed by atoms with Crippen molar-refractivity contribution in [2.45, 2.75) is 90.9 Å². The summed E-state index contributed by atoms with van der Waals surface area (Å²) in [5.74, 6) is 1.48. The Kier molecular flexibility index (Phi) is 12.2. The molecule has 5 nitrogen and oxygen atoms in total. The molecule has 0 unspecified atom stereocenters. The number of hydrogen-bond donors (Lipinski definition) is 0. The first-order valence-corrected chi connectivity index (χ1v) is 22.5. The molecule has 0 bridgehead atoms. The number of pyridine rings is 1. The fraction of sp³-hybridized carbons (Fsp3) is 0.250. The van der Waals surface area contributed by atoms with Gasteiger partial charge in [0.2, 0.25) is 0 Å². The van der Waals surface area contributed by atoms with Crippen LogP contribution in [0.1, 0.15) is 107 Å². The third kappa shape index (κ3) is 7.91. The van der Waals surface area contributed by atoms with Crippen LogP contribution in [0.15, 0.2) is 121 Å². The van der Waals surface area contributed by atoms with Crippen molar-refractivity contribution in [3.05, 3.63) is 174 Å². The van der Waals surface area contributed by atoms with Crippen LogP contribution in [0.2, 0.25) is 0 Å². The zero-order valence-corrected chi connectivity index (χ0v) is 39.1. The van der Waals surface area contributed by atoms with Gasteiger partial charge in [-0.05, 0) is 119 Å². The normalized spacial score (nSPS) is 14.0. The smallest absolute Gasteiger partial charge is 0.135 e. The van der Waals surface area contributed by atoms with Crippen molar-refractivity contribution < 1.29 is 34.6 Å². The summed E-state index contributed by atoms with van der Waals surface area (Å²) in [5, 5.41) is 2.22. The second kappa shape index (κ2) is 18.0. The van der Waals surface area contributed by atoms with Crippen molar-refractivity contribution in [1.82, 2.24) is 9.55 Å². The number of halogens is 2. The largest absolute Gasteiger partial charge is 0.509 e. The SMILES string of the molecule is CCCc1ccnc(-n2c3[c-]c(Oc4[c-]c(N5[CH-]N(c6c(C(C)C)cc(-c7c(F)cccc7F)cc6C(C)C)c6ccccc65)cc(C5CCCC5)c4)ccc3c3ccccc32)c1.[Pt]. The molecule has 1 fully saturated rings. The van der Waals surface area contributed by atoms with Crippen LogP contribution >= 0.6 is 0 Å². The second-order valence-electron chi connectivity index (χ2n) is 17.7. The molecule has 6 aromatic carbocycles. The minimum Gasteiger partial charge on any atom is -0.509 e. The van der Waals surface area contributed by atoms with Crippen LogP contribution in [0.3, 0.4) is 0 Å². The van der Waals surface area contributed by atoms with Gasteiger partial charge in [-0.1, -0.05) is 95.8 Å². The van der Waals surface area contributed by atoms with E-state index in [0.717, 1.165) is 87.2 Å². The number of benzene rings is 6. The molecule has 2 aromatic heterocycles. The Morgan fingerprint density at radius 2 is 1.42 bits per heavy atom. The standard InChI is InChI=1S/C56H51F2N4O.Pt/c1-6-14-37-25-26-59-54(27-37)62-50-20-10-9-17-44(50)45-24-23-42(33-53(45)62)63-43-29-39(38-15-7-8-16-38)28-41(32-43)60-34-61(52-22-12-11-21-51(52)60)56-46(35(2)3)30-40(31-47(56)36(4)5)55-48(57)18-13-19-49(55)58;/h9-13,17-31,34-36,38H,6-8,14-16H2,1-5H3;/q-3;. The summed E-state index contributed by atoms with van der Waals surface area (Å²) in [4.78, 5) is 9.30. The Balaban J connectivity index is 0.00000518. The van der Waals surface area contributed by atoms with Gasteiger partial charge in [-0.2, -0.15) is 6.07 Å². The van der Waals surface area contributed by atoms with E-state index < -0.39 is 11.6 Å². The molecular formula is C56H51F2N4OPt-3. The predicted molar refractivity (Wildman–Crippen MR) is 253 cm³/mol. The van der Waals surface area contributed by atoms with Crippen LogP contribution < -0.4 is 14.5 Å². The maximum Gasteiger partial charge on any atom is 0.135 e. The van der Waals surface area contributed by atoms with Gasteiger partial charge < -0.3 is 19.1 Å². The molecule has 0 spiro atoms. The molecule has 328 valence electrons. The van der Waals surface area contributed by atoms with Gasteiger partial charge in [-0.15, -0.1) is 53.6 Å². The van der Waals surface area contributed by atoms with Crippen LogP contribution in [-0.2, 0) is 27.5 Å². The molecule has 8 aromatic rings. The molecule has 3 heterocycles. The molecule has 0 radical (unpaired) electrons. The van der Waals surface area contributed by atoms with Gasteiger partial charge in [-0.25, -0.2) is 13.8 Å². The van der Waals surface area contributed by atoms with Crippen molar-refractivity contribution in [1.29, 1.82) is 0 Å². The van der Waals surface area contributed by atoms with E-state index in [9.17, 15) is 0 Å². The summed E-state index contributed by atoms with van der Waals surface area (Å²) in [7, 11) is 0. The van der Waals surface area contributed by atoms with Crippen molar-refractivity contribution in [2.24, 2.45) is 0 Å². The minimum atomic E-state index is -0.568. The number of hydrogen-bond acceptors (Lipinski definition) is 4. The Morgan fingerprint density at radius 1 is 0.734 bits per heavy atom. The van der Waals surface area contributed by atoms with E-state index in [0.29, 0.717) is 23.0 Å². The van der Waals surface area contributed by atoms with Crippen molar-refractivity contribution in [3.8, 4) is 28.4 Å². The number of anilines is 4. The number of aromatic nitrogens is 2. The molecule has 0 atom stereocenters. The summed E-state index contributed by atoms with van der Waals surface area (Å²) in [6, 6.07) is 45.1. The van der Waals surface area contributed by atoms with Crippen LogP contribution in [0, 0.1) is 30.4 Å². The minimum absolute atomic E-state index is 0. The third-order valence-corrected chi connectivity index (χ3v) is 12.8. The van der Waals surface area contributed by atoms with Gasteiger partial charge in [0.25, 0.3) is 0 Å². The summed E-state index contributed by atoms with van der Waals surface area (Å²) >= 11 is 0. The molecule has 1 saturated carbocycles. The number of para-hydroxylation sites is 3. The third-order valence-electron chi connectivity index (χ3n) is 12.8. The van der Waals surface area contributed by atoms with Crippen LogP contribution in [0.5, 0.6) is 11.5 Å². The van der Waals surface area contributed by atoms with E-state index in [2.05, 4.69) is 147 Å². The number of ether oxygens (including phenoxy) is 1. The van der Waals surface area contributed by atoms with Gasteiger partial charge >= 0.3 is 0 Å². The quantitative estimate of drug-likeness (QED) is 0.121. The van der Waals surface area contributed by atoms with Crippen molar-refractivity contribution in [3.63, 3.8) is 0 Å². The molecular weight excluding hydrogens is 978 g/mol. The fourth-order valence-electron chi connectivity index (χ4n) is 9.78. The molecule has 1 aliphatic heterocycles. The van der Waals surface area contributed by atoms with Gasteiger partial charge in [0.1, 0.15) is 17.5 Å². The van der Waals surface area contributed by atoms with E-state index in [1.54, 1.807) is 0 Å². The molecule has 1 aliphatic carbocycles. The van der Waals surface area contributed by atoms with E-state index in [4.69, 9.17) is 9.72 Å². The van der Waals surface area contributed by atoms with Gasteiger partial charge in [0, 0.05) is 61.3 Å². The van der Waals surface area contributed by atoms with E-state index in [1.165, 1.54) is 42.2 Å². The van der Waals surface area contributed by atoms with E-state index in [-0.39, 0.29) is 38.5 Å². The van der Waals surface area contributed by atoms with Crippen LogP contribution in [0.25, 0.3) is 38.8 Å². The van der Waals surface area contributed by atoms with Gasteiger partial charge in [0.15, 0.2) is 0 Å².